The van der Waals surface area contributed by atoms with Crippen LogP contribution in [-0.2, 0) is 6.42 Å². The number of nitrogens with two attached hydrogens (primary N) is 1. The molecule has 1 heterocycles. The highest BCUT2D eigenvalue weighted by Crippen LogP contribution is 2.34. The molecule has 1 aromatic carbocycles. The highest BCUT2D eigenvalue weighted by molar-refractivity contribution is 5.68. The minimum atomic E-state index is 0.482. The topological polar surface area (TPSA) is 54.7 Å². The monoisotopic (exact) mass is 239 g/mol. The van der Waals surface area contributed by atoms with Gasteiger partial charge in [-0.15, -0.1) is 0 Å². The molecule has 0 saturated carbocycles. The third kappa shape index (κ3) is 1.82. The standard InChI is InChI=1S/C15H17N3/c1-10-15(18-9-17-10)8-11-6-7-14(16)13-5-3-2-4-12(11)13/h2-5,7,9,11H,6,8,16H2,1H3,(H,17,18). The van der Waals surface area contributed by atoms with E-state index < -0.39 is 0 Å². The molecule has 0 bridgehead atoms. The number of allylic oxidation sites excluding steroid dienone is 1. The van der Waals surface area contributed by atoms with Crippen molar-refractivity contribution in [2.24, 2.45) is 5.73 Å². The van der Waals surface area contributed by atoms with Gasteiger partial charge in [0.15, 0.2) is 0 Å². The Morgan fingerprint density at radius 1 is 1.39 bits per heavy atom. The van der Waals surface area contributed by atoms with Crippen LogP contribution >= 0.6 is 0 Å². The highest BCUT2D eigenvalue weighted by Gasteiger charge is 2.21. The van der Waals surface area contributed by atoms with Gasteiger partial charge in [0.2, 0.25) is 0 Å². The predicted molar refractivity (Wildman–Crippen MR) is 73.0 cm³/mol. The summed E-state index contributed by atoms with van der Waals surface area (Å²) in [5.41, 5.74) is 11.8. The molecule has 1 aliphatic rings. The number of fused-ring (bicyclic) bond motifs is 1. The van der Waals surface area contributed by atoms with Gasteiger partial charge in [-0.1, -0.05) is 30.3 Å². The first-order chi connectivity index (χ1) is 8.75. The zero-order valence-electron chi connectivity index (χ0n) is 10.5. The molecule has 0 aliphatic heterocycles. The van der Waals surface area contributed by atoms with Crippen molar-refractivity contribution in [2.75, 3.05) is 0 Å². The maximum Gasteiger partial charge on any atom is 0.0925 e. The summed E-state index contributed by atoms with van der Waals surface area (Å²) < 4.78 is 0. The number of nitrogens with one attached hydrogen (secondary N) is 1. The van der Waals surface area contributed by atoms with Crippen molar-refractivity contribution in [3.63, 3.8) is 0 Å². The van der Waals surface area contributed by atoms with Crippen LogP contribution in [0.4, 0.5) is 0 Å². The first-order valence-electron chi connectivity index (χ1n) is 6.29. The molecular weight excluding hydrogens is 222 g/mol. The Balaban J connectivity index is 1.94. The van der Waals surface area contributed by atoms with Crippen LogP contribution in [0.3, 0.4) is 0 Å². The van der Waals surface area contributed by atoms with Crippen LogP contribution < -0.4 is 5.73 Å². The number of hydrogen-bond acceptors (Lipinski definition) is 2. The van der Waals surface area contributed by atoms with Gasteiger partial charge in [-0.3, -0.25) is 0 Å². The molecule has 0 amide bonds. The van der Waals surface area contributed by atoms with E-state index in [1.165, 1.54) is 11.1 Å². The van der Waals surface area contributed by atoms with E-state index in [1.54, 1.807) is 6.33 Å². The fraction of sp³-hybridized carbons (Fsp3) is 0.267. The van der Waals surface area contributed by atoms with Crippen LogP contribution in [-0.4, -0.2) is 9.97 Å². The molecule has 3 rings (SSSR count). The van der Waals surface area contributed by atoms with E-state index in [-0.39, 0.29) is 0 Å². The average molecular weight is 239 g/mol. The molecule has 92 valence electrons. The summed E-state index contributed by atoms with van der Waals surface area (Å²) in [6.07, 6.45) is 5.86. The number of aryl methyl sites for hydroxylation is 1. The number of hydrogen-bond donors (Lipinski definition) is 2. The molecule has 2 aromatic rings. The minimum absolute atomic E-state index is 0.482. The summed E-state index contributed by atoms with van der Waals surface area (Å²) in [6.45, 7) is 2.07. The van der Waals surface area contributed by atoms with Crippen LogP contribution in [0.5, 0.6) is 0 Å². The second-order valence-electron chi connectivity index (χ2n) is 4.86. The van der Waals surface area contributed by atoms with Gasteiger partial charge in [-0.05, 0) is 31.2 Å². The van der Waals surface area contributed by atoms with Crippen LogP contribution in [0.2, 0.25) is 0 Å². The van der Waals surface area contributed by atoms with Gasteiger partial charge in [-0.25, -0.2) is 4.98 Å². The summed E-state index contributed by atoms with van der Waals surface area (Å²) >= 11 is 0. The zero-order valence-corrected chi connectivity index (χ0v) is 10.5. The maximum absolute atomic E-state index is 6.05. The largest absolute Gasteiger partial charge is 0.398 e. The Bertz CT molecular complexity index is 595. The van der Waals surface area contributed by atoms with E-state index in [0.717, 1.165) is 29.9 Å². The Kier molecular flexibility index (Phi) is 2.67. The Hall–Kier alpha value is -2.03. The van der Waals surface area contributed by atoms with Crippen LogP contribution in [0, 0.1) is 6.92 Å². The molecule has 0 spiro atoms. The molecule has 18 heavy (non-hydrogen) atoms. The number of aromatic nitrogens is 2. The van der Waals surface area contributed by atoms with Gasteiger partial charge in [0.05, 0.1) is 12.0 Å². The lowest BCUT2D eigenvalue weighted by atomic mass is 9.83. The van der Waals surface area contributed by atoms with Crippen molar-refractivity contribution >= 4 is 5.70 Å². The molecule has 0 radical (unpaired) electrons. The quantitative estimate of drug-likeness (QED) is 0.846. The van der Waals surface area contributed by atoms with Gasteiger partial charge < -0.3 is 10.7 Å². The molecule has 0 fully saturated rings. The smallest absolute Gasteiger partial charge is 0.0925 e. The Morgan fingerprint density at radius 2 is 2.22 bits per heavy atom. The number of rotatable bonds is 2. The van der Waals surface area contributed by atoms with Gasteiger partial charge in [0, 0.05) is 17.0 Å². The SMILES string of the molecule is Cc1[nH]cnc1CC1CC=C(N)c2ccccc21. The van der Waals surface area contributed by atoms with E-state index in [9.17, 15) is 0 Å². The first kappa shape index (κ1) is 11.1. The molecule has 3 N–H and O–H groups in total. The van der Waals surface area contributed by atoms with Crippen molar-refractivity contribution in [1.82, 2.24) is 9.97 Å². The van der Waals surface area contributed by atoms with Crippen LogP contribution in [0.25, 0.3) is 5.70 Å². The first-order valence-corrected chi connectivity index (χ1v) is 6.29. The molecule has 3 nitrogen and oxygen atoms in total. The maximum atomic E-state index is 6.05. The molecule has 1 unspecified atom stereocenters. The van der Waals surface area contributed by atoms with E-state index in [0.29, 0.717) is 5.92 Å². The highest BCUT2D eigenvalue weighted by atomic mass is 14.9. The lowest BCUT2D eigenvalue weighted by Crippen LogP contribution is -2.13. The summed E-state index contributed by atoms with van der Waals surface area (Å²) in [7, 11) is 0. The minimum Gasteiger partial charge on any atom is -0.398 e. The fourth-order valence-corrected chi connectivity index (χ4v) is 2.64. The molecule has 1 aromatic heterocycles. The number of H-pyrrole nitrogens is 1. The van der Waals surface area contributed by atoms with E-state index in [1.807, 2.05) is 6.07 Å². The van der Waals surface area contributed by atoms with Crippen LogP contribution in [0.1, 0.15) is 34.9 Å². The second kappa shape index (κ2) is 4.33. The Labute approximate surface area is 107 Å². The second-order valence-corrected chi connectivity index (χ2v) is 4.86. The van der Waals surface area contributed by atoms with Crippen molar-refractivity contribution < 1.29 is 0 Å². The van der Waals surface area contributed by atoms with Crippen molar-refractivity contribution in [3.8, 4) is 0 Å². The summed E-state index contributed by atoms with van der Waals surface area (Å²) in [6, 6.07) is 8.41. The van der Waals surface area contributed by atoms with Gasteiger partial charge >= 0.3 is 0 Å². The third-order valence-corrected chi connectivity index (χ3v) is 3.71. The normalized spacial score (nSPS) is 18.3. The molecule has 3 heteroatoms. The van der Waals surface area contributed by atoms with Crippen molar-refractivity contribution in [2.45, 2.75) is 25.7 Å². The van der Waals surface area contributed by atoms with Crippen molar-refractivity contribution in [3.05, 3.63) is 59.2 Å². The van der Waals surface area contributed by atoms with Crippen molar-refractivity contribution in [1.29, 1.82) is 0 Å². The van der Waals surface area contributed by atoms with E-state index >= 15 is 0 Å². The lowest BCUT2D eigenvalue weighted by molar-refractivity contribution is 0.672. The molecule has 0 saturated heterocycles. The fourth-order valence-electron chi connectivity index (χ4n) is 2.64. The Morgan fingerprint density at radius 3 is 3.00 bits per heavy atom. The summed E-state index contributed by atoms with van der Waals surface area (Å²) in [4.78, 5) is 7.53. The zero-order chi connectivity index (χ0) is 12.5. The lowest BCUT2D eigenvalue weighted by Gasteiger charge is -2.23. The summed E-state index contributed by atoms with van der Waals surface area (Å²) in [5.74, 6) is 0.482. The molecule has 1 aliphatic carbocycles. The number of benzene rings is 1. The third-order valence-electron chi connectivity index (χ3n) is 3.71. The molecule has 1 atom stereocenters. The van der Waals surface area contributed by atoms with E-state index in [4.69, 9.17) is 5.73 Å². The summed E-state index contributed by atoms with van der Waals surface area (Å²) in [5, 5.41) is 0. The van der Waals surface area contributed by atoms with E-state index in [2.05, 4.69) is 41.2 Å². The van der Waals surface area contributed by atoms with Gasteiger partial charge in [-0.2, -0.15) is 0 Å². The number of imidazole rings is 1. The van der Waals surface area contributed by atoms with Gasteiger partial charge in [0.1, 0.15) is 0 Å². The number of nitrogens with zero attached hydrogens (tertiary/aromatic N) is 1. The molecular formula is C15H17N3. The predicted octanol–water partition coefficient (Wildman–Crippen LogP) is 2.75. The van der Waals surface area contributed by atoms with Gasteiger partial charge in [0.25, 0.3) is 0 Å². The number of aromatic amines is 1. The van der Waals surface area contributed by atoms with Crippen LogP contribution in [0.15, 0.2) is 36.7 Å². The average Bonchev–Trinajstić information content (AvgIpc) is 2.79.